The molecular weight excluding hydrogens is 202 g/mol. The molecule has 0 saturated carbocycles. The van der Waals surface area contributed by atoms with Gasteiger partial charge in [-0.2, -0.15) is 0 Å². The van der Waals surface area contributed by atoms with Gasteiger partial charge in [-0.15, -0.1) is 0 Å². The van der Waals surface area contributed by atoms with Crippen molar-refractivity contribution in [1.82, 2.24) is 5.32 Å². The van der Waals surface area contributed by atoms with E-state index >= 15 is 0 Å². The maximum absolute atomic E-state index is 11.7. The first-order chi connectivity index (χ1) is 7.69. The zero-order valence-corrected chi connectivity index (χ0v) is 9.69. The molecule has 1 rings (SSSR count). The summed E-state index contributed by atoms with van der Waals surface area (Å²) < 4.78 is 0. The molecule has 0 aliphatic carbocycles. The molecule has 0 saturated heterocycles. The number of rotatable bonds is 5. The predicted octanol–water partition coefficient (Wildman–Crippen LogP) is 1.80. The van der Waals surface area contributed by atoms with Gasteiger partial charge in [0, 0.05) is 13.5 Å². The molecular formula is C13H17NO2. The first-order valence-corrected chi connectivity index (χ1v) is 5.41. The Morgan fingerprint density at radius 1 is 1.50 bits per heavy atom. The van der Waals surface area contributed by atoms with Gasteiger partial charge in [0.25, 0.3) is 0 Å². The van der Waals surface area contributed by atoms with Crippen LogP contribution in [-0.4, -0.2) is 19.2 Å². The fourth-order valence-electron chi connectivity index (χ4n) is 1.74. The van der Waals surface area contributed by atoms with Crippen molar-refractivity contribution in [3.8, 4) is 0 Å². The van der Waals surface area contributed by atoms with Crippen LogP contribution in [0, 0.1) is 6.92 Å². The van der Waals surface area contributed by atoms with Crippen LogP contribution in [0.1, 0.15) is 29.9 Å². The van der Waals surface area contributed by atoms with Gasteiger partial charge in [0.2, 0.25) is 5.91 Å². The summed E-state index contributed by atoms with van der Waals surface area (Å²) in [5.74, 6) is -0.262. The van der Waals surface area contributed by atoms with E-state index in [9.17, 15) is 9.59 Å². The summed E-state index contributed by atoms with van der Waals surface area (Å²) >= 11 is 0. The molecule has 3 heteroatoms. The highest BCUT2D eigenvalue weighted by molar-refractivity contribution is 5.83. The molecule has 0 bridgehead atoms. The molecule has 0 aromatic heterocycles. The Hall–Kier alpha value is -1.64. The summed E-state index contributed by atoms with van der Waals surface area (Å²) in [5.41, 5.74) is 2.10. The number of aldehydes is 1. The van der Waals surface area contributed by atoms with Crippen LogP contribution in [0.3, 0.4) is 0 Å². The van der Waals surface area contributed by atoms with E-state index < -0.39 is 0 Å². The Morgan fingerprint density at radius 3 is 2.81 bits per heavy atom. The van der Waals surface area contributed by atoms with E-state index in [1.165, 1.54) is 0 Å². The van der Waals surface area contributed by atoms with Crippen molar-refractivity contribution in [3.63, 3.8) is 0 Å². The van der Waals surface area contributed by atoms with Crippen molar-refractivity contribution in [1.29, 1.82) is 0 Å². The summed E-state index contributed by atoms with van der Waals surface area (Å²) in [5, 5.41) is 2.64. The zero-order chi connectivity index (χ0) is 12.0. The Bertz CT molecular complexity index is 374. The largest absolute Gasteiger partial charge is 0.359 e. The van der Waals surface area contributed by atoms with Crippen LogP contribution in [0.5, 0.6) is 0 Å². The van der Waals surface area contributed by atoms with Crippen LogP contribution in [0.4, 0.5) is 0 Å². The fraction of sp³-hybridized carbons (Fsp3) is 0.385. The molecule has 0 radical (unpaired) electrons. The van der Waals surface area contributed by atoms with Gasteiger partial charge in [0.1, 0.15) is 6.29 Å². The highest BCUT2D eigenvalue weighted by atomic mass is 16.1. The van der Waals surface area contributed by atoms with Gasteiger partial charge in [0.15, 0.2) is 0 Å². The third-order valence-electron chi connectivity index (χ3n) is 2.58. The number of carbonyl (C=O) groups is 2. The highest BCUT2D eigenvalue weighted by Gasteiger charge is 2.18. The molecule has 0 heterocycles. The van der Waals surface area contributed by atoms with Gasteiger partial charge >= 0.3 is 0 Å². The number of carbonyl (C=O) groups excluding carboxylic acids is 2. The molecule has 1 atom stereocenters. The number of amides is 1. The first-order valence-electron chi connectivity index (χ1n) is 5.41. The van der Waals surface area contributed by atoms with Gasteiger partial charge in [-0.25, -0.2) is 0 Å². The number of hydrogen-bond acceptors (Lipinski definition) is 2. The van der Waals surface area contributed by atoms with Gasteiger partial charge in [-0.1, -0.05) is 29.8 Å². The second kappa shape index (κ2) is 6.05. The first kappa shape index (κ1) is 12.4. The summed E-state index contributed by atoms with van der Waals surface area (Å²) in [7, 11) is 1.62. The average Bonchev–Trinajstić information content (AvgIpc) is 2.29. The fourth-order valence-corrected chi connectivity index (χ4v) is 1.74. The Balaban J connectivity index is 2.91. The molecule has 1 N–H and O–H groups in total. The molecule has 3 nitrogen and oxygen atoms in total. The molecule has 1 amide bonds. The number of hydrogen-bond donors (Lipinski definition) is 1. The van der Waals surface area contributed by atoms with Crippen LogP contribution in [0.15, 0.2) is 24.3 Å². The predicted molar refractivity (Wildman–Crippen MR) is 63.3 cm³/mol. The highest BCUT2D eigenvalue weighted by Crippen LogP contribution is 2.21. The molecule has 0 spiro atoms. The molecule has 0 aliphatic rings. The lowest BCUT2D eigenvalue weighted by atomic mass is 9.92. The van der Waals surface area contributed by atoms with E-state index in [4.69, 9.17) is 0 Å². The maximum atomic E-state index is 11.7. The molecule has 16 heavy (non-hydrogen) atoms. The van der Waals surface area contributed by atoms with Gasteiger partial charge in [-0.05, 0) is 18.9 Å². The van der Waals surface area contributed by atoms with Crippen molar-refractivity contribution in [2.24, 2.45) is 0 Å². The number of likely N-dealkylation sites (N-methyl/N-ethyl adjacent to an activating group) is 1. The average molecular weight is 219 g/mol. The van der Waals surface area contributed by atoms with Gasteiger partial charge in [-0.3, -0.25) is 4.79 Å². The van der Waals surface area contributed by atoms with E-state index in [0.29, 0.717) is 12.8 Å². The van der Waals surface area contributed by atoms with Crippen LogP contribution < -0.4 is 5.32 Å². The normalized spacial score (nSPS) is 11.9. The zero-order valence-electron chi connectivity index (χ0n) is 9.69. The van der Waals surface area contributed by atoms with Gasteiger partial charge in [0.05, 0.1) is 5.92 Å². The number of nitrogens with one attached hydrogen (secondary N) is 1. The summed E-state index contributed by atoms with van der Waals surface area (Å²) in [6.07, 6.45) is 1.82. The molecule has 0 aliphatic heterocycles. The third kappa shape index (κ3) is 3.19. The molecule has 1 aromatic carbocycles. The molecule has 1 aromatic rings. The molecule has 1 unspecified atom stereocenters. The van der Waals surface area contributed by atoms with Crippen molar-refractivity contribution < 1.29 is 9.59 Å². The molecule has 86 valence electrons. The smallest absolute Gasteiger partial charge is 0.227 e. The van der Waals surface area contributed by atoms with Crippen molar-refractivity contribution >= 4 is 12.2 Å². The minimum absolute atomic E-state index is 0.0348. The second-order valence-corrected chi connectivity index (χ2v) is 3.82. The maximum Gasteiger partial charge on any atom is 0.227 e. The Labute approximate surface area is 95.9 Å². The lowest BCUT2D eigenvalue weighted by Crippen LogP contribution is -2.26. The summed E-state index contributed by atoms with van der Waals surface area (Å²) in [6, 6.07) is 7.84. The summed E-state index contributed by atoms with van der Waals surface area (Å²) in [4.78, 5) is 22.1. The monoisotopic (exact) mass is 219 g/mol. The SMILES string of the molecule is CNC(=O)C(CCC=O)c1cccc(C)c1. The minimum Gasteiger partial charge on any atom is -0.359 e. The van der Waals surface area contributed by atoms with Crippen LogP contribution >= 0.6 is 0 Å². The second-order valence-electron chi connectivity index (χ2n) is 3.82. The quantitative estimate of drug-likeness (QED) is 0.768. The van der Waals surface area contributed by atoms with E-state index in [1.54, 1.807) is 7.05 Å². The van der Waals surface area contributed by atoms with Crippen LogP contribution in [0.25, 0.3) is 0 Å². The lowest BCUT2D eigenvalue weighted by Gasteiger charge is -2.15. The van der Waals surface area contributed by atoms with E-state index in [1.807, 2.05) is 31.2 Å². The van der Waals surface area contributed by atoms with Crippen LogP contribution in [0.2, 0.25) is 0 Å². The van der Waals surface area contributed by atoms with Crippen molar-refractivity contribution in [3.05, 3.63) is 35.4 Å². The topological polar surface area (TPSA) is 46.2 Å². The van der Waals surface area contributed by atoms with Crippen molar-refractivity contribution in [2.75, 3.05) is 7.05 Å². The molecule has 0 fully saturated rings. The third-order valence-corrected chi connectivity index (χ3v) is 2.58. The Morgan fingerprint density at radius 2 is 2.25 bits per heavy atom. The summed E-state index contributed by atoms with van der Waals surface area (Å²) in [6.45, 7) is 1.99. The van der Waals surface area contributed by atoms with E-state index in [2.05, 4.69) is 5.32 Å². The minimum atomic E-state index is -0.227. The number of benzene rings is 1. The van der Waals surface area contributed by atoms with E-state index in [-0.39, 0.29) is 11.8 Å². The number of aryl methyl sites for hydroxylation is 1. The lowest BCUT2D eigenvalue weighted by molar-refractivity contribution is -0.122. The van der Waals surface area contributed by atoms with Crippen LogP contribution in [-0.2, 0) is 9.59 Å². The Kier molecular flexibility index (Phi) is 4.70. The van der Waals surface area contributed by atoms with Crippen molar-refractivity contribution in [2.45, 2.75) is 25.7 Å². The van der Waals surface area contributed by atoms with E-state index in [0.717, 1.165) is 17.4 Å². The standard InChI is InChI=1S/C13H17NO2/c1-10-5-3-6-11(9-10)12(7-4-8-15)13(16)14-2/h3,5-6,8-9,12H,4,7H2,1-2H3,(H,14,16). The van der Waals surface area contributed by atoms with Gasteiger partial charge < -0.3 is 10.1 Å².